The van der Waals surface area contributed by atoms with Crippen molar-refractivity contribution in [2.75, 3.05) is 3.71 Å². The van der Waals surface area contributed by atoms with E-state index in [9.17, 15) is 26.4 Å². The summed E-state index contributed by atoms with van der Waals surface area (Å²) in [5.74, 6) is 0. The Labute approximate surface area is 196 Å². The molecule has 0 N–H and O–H groups in total. The number of carbonyl (C=O) groups excluding carboxylic acids is 1. The molecule has 0 atom stereocenters. The molecule has 0 spiro atoms. The molecule has 4 rings (SSSR count). The summed E-state index contributed by atoms with van der Waals surface area (Å²) < 4.78 is 60.1. The SMILES string of the molecule is Cc1ccc(S(=O)(=O)N(c2ccc3oc(=O)c(C=O)cc3c2)S(=O)(=O)c2ccc(C)cc2)cc1. The summed E-state index contributed by atoms with van der Waals surface area (Å²) in [5, 5.41) is 0.183. The Morgan fingerprint density at radius 3 is 1.71 bits per heavy atom. The summed E-state index contributed by atoms with van der Waals surface area (Å²) in [7, 11) is -9.19. The standard InChI is InChI=1S/C24H19NO7S2/c1-16-3-8-21(9-4-16)33(28,29)25(34(30,31)22-10-5-17(2)6-11-22)20-7-12-23-18(14-20)13-19(15-26)24(27)32-23/h3-15H,1-2H3. The molecule has 1 heterocycles. The minimum atomic E-state index is -4.60. The third-order valence-electron chi connectivity index (χ3n) is 5.15. The zero-order chi connectivity index (χ0) is 24.7. The summed E-state index contributed by atoms with van der Waals surface area (Å²) in [6, 6.07) is 16.5. The Bertz CT molecular complexity index is 1600. The van der Waals surface area contributed by atoms with E-state index < -0.39 is 25.7 Å². The second-order valence-corrected chi connectivity index (χ2v) is 11.5. The van der Waals surface area contributed by atoms with Gasteiger partial charge in [-0.2, -0.15) is 3.71 Å². The van der Waals surface area contributed by atoms with Crippen molar-refractivity contribution in [3.8, 4) is 0 Å². The molecule has 4 aromatic rings. The molecular weight excluding hydrogens is 478 g/mol. The zero-order valence-corrected chi connectivity index (χ0v) is 19.8. The molecule has 0 radical (unpaired) electrons. The normalized spacial score (nSPS) is 11.9. The Balaban J connectivity index is 2.00. The largest absolute Gasteiger partial charge is 0.422 e. The van der Waals surface area contributed by atoms with Gasteiger partial charge in [0.2, 0.25) is 0 Å². The fourth-order valence-corrected chi connectivity index (χ4v) is 7.02. The molecule has 0 aliphatic carbocycles. The van der Waals surface area contributed by atoms with Crippen LogP contribution in [-0.4, -0.2) is 23.1 Å². The van der Waals surface area contributed by atoms with Crippen LogP contribution < -0.4 is 9.34 Å². The lowest BCUT2D eigenvalue weighted by atomic mass is 10.2. The van der Waals surface area contributed by atoms with E-state index in [-0.39, 0.29) is 32.0 Å². The van der Waals surface area contributed by atoms with Crippen LogP contribution in [0, 0.1) is 13.8 Å². The van der Waals surface area contributed by atoms with E-state index in [4.69, 9.17) is 4.42 Å². The molecule has 0 bridgehead atoms. The number of aryl methyl sites for hydroxylation is 2. The number of benzene rings is 3. The van der Waals surface area contributed by atoms with Gasteiger partial charge in [0.05, 0.1) is 15.5 Å². The molecule has 8 nitrogen and oxygen atoms in total. The second-order valence-electron chi connectivity index (χ2n) is 7.66. The molecule has 0 aliphatic rings. The van der Waals surface area contributed by atoms with Gasteiger partial charge in [-0.1, -0.05) is 35.4 Å². The molecule has 0 unspecified atom stereocenters. The van der Waals surface area contributed by atoms with Gasteiger partial charge in [0, 0.05) is 5.39 Å². The molecule has 0 aliphatic heterocycles. The third-order valence-corrected chi connectivity index (χ3v) is 9.36. The predicted molar refractivity (Wildman–Crippen MR) is 127 cm³/mol. The van der Waals surface area contributed by atoms with Crippen LogP contribution in [0.15, 0.2) is 91.8 Å². The van der Waals surface area contributed by atoms with Crippen LogP contribution in [0.25, 0.3) is 11.0 Å². The molecule has 174 valence electrons. The number of carbonyl (C=O) groups is 1. The number of sulfonamides is 2. The molecule has 0 amide bonds. The van der Waals surface area contributed by atoms with Crippen LogP contribution in [0.2, 0.25) is 0 Å². The maximum Gasteiger partial charge on any atom is 0.346 e. The highest BCUT2D eigenvalue weighted by molar-refractivity contribution is 8.10. The summed E-state index contributed by atoms with van der Waals surface area (Å²) in [6.07, 6.45) is 0.307. The van der Waals surface area contributed by atoms with Crippen molar-refractivity contribution in [1.29, 1.82) is 0 Å². The molecule has 34 heavy (non-hydrogen) atoms. The van der Waals surface area contributed by atoms with Crippen molar-refractivity contribution in [3.05, 3.63) is 99.9 Å². The number of hydrogen-bond acceptors (Lipinski definition) is 7. The maximum absolute atomic E-state index is 13.7. The summed E-state index contributed by atoms with van der Waals surface area (Å²) in [5.41, 5.74) is 0.327. The first-order valence-corrected chi connectivity index (χ1v) is 12.9. The second kappa shape index (κ2) is 8.54. The lowest BCUT2D eigenvalue weighted by Gasteiger charge is -2.24. The van der Waals surface area contributed by atoms with Crippen LogP contribution >= 0.6 is 0 Å². The highest BCUT2D eigenvalue weighted by Gasteiger charge is 2.37. The van der Waals surface area contributed by atoms with Crippen molar-refractivity contribution in [3.63, 3.8) is 0 Å². The van der Waals surface area contributed by atoms with E-state index in [0.717, 1.165) is 11.1 Å². The van der Waals surface area contributed by atoms with Crippen molar-refractivity contribution in [2.24, 2.45) is 0 Å². The van der Waals surface area contributed by atoms with Crippen LogP contribution in [0.3, 0.4) is 0 Å². The number of hydrogen-bond donors (Lipinski definition) is 0. The smallest absolute Gasteiger partial charge is 0.346 e. The number of rotatable bonds is 6. The van der Waals surface area contributed by atoms with Crippen molar-refractivity contribution in [1.82, 2.24) is 0 Å². The van der Waals surface area contributed by atoms with Crippen molar-refractivity contribution < 1.29 is 26.0 Å². The zero-order valence-electron chi connectivity index (χ0n) is 18.1. The number of aldehydes is 1. The lowest BCUT2D eigenvalue weighted by molar-refractivity contribution is 0.112. The first kappa shape index (κ1) is 23.4. The summed E-state index contributed by atoms with van der Waals surface area (Å²) >= 11 is 0. The molecule has 10 heteroatoms. The molecule has 0 saturated heterocycles. The average Bonchev–Trinajstić information content (AvgIpc) is 2.79. The Kier molecular flexibility index (Phi) is 5.88. The predicted octanol–water partition coefficient (Wildman–Crippen LogP) is 3.81. The monoisotopic (exact) mass is 497 g/mol. The number of anilines is 1. The summed E-state index contributed by atoms with van der Waals surface area (Å²) in [4.78, 5) is 22.6. The first-order chi connectivity index (χ1) is 16.0. The molecular formula is C24H19NO7S2. The van der Waals surface area contributed by atoms with E-state index >= 15 is 0 Å². The highest BCUT2D eigenvalue weighted by atomic mass is 32.3. The van der Waals surface area contributed by atoms with Gasteiger partial charge in [-0.3, -0.25) is 4.79 Å². The fourth-order valence-electron chi connectivity index (χ4n) is 3.34. The van der Waals surface area contributed by atoms with Crippen molar-refractivity contribution >= 4 is 43.0 Å². The van der Waals surface area contributed by atoms with Gasteiger partial charge in [0.1, 0.15) is 11.1 Å². The van der Waals surface area contributed by atoms with Crippen LogP contribution in [0.1, 0.15) is 21.5 Å². The van der Waals surface area contributed by atoms with E-state index in [0.29, 0.717) is 10.00 Å². The minimum Gasteiger partial charge on any atom is -0.422 e. The molecule has 0 fully saturated rings. The van der Waals surface area contributed by atoms with E-state index in [1.54, 1.807) is 38.1 Å². The molecule has 0 saturated carbocycles. The topological polar surface area (TPSA) is 119 Å². The van der Waals surface area contributed by atoms with Gasteiger partial charge in [-0.15, -0.1) is 0 Å². The lowest BCUT2D eigenvalue weighted by Crippen LogP contribution is -2.37. The molecule has 3 aromatic carbocycles. The highest BCUT2D eigenvalue weighted by Crippen LogP contribution is 2.33. The van der Waals surface area contributed by atoms with Gasteiger partial charge in [-0.25, -0.2) is 21.6 Å². The van der Waals surface area contributed by atoms with Gasteiger partial charge in [0.25, 0.3) is 20.0 Å². The Morgan fingerprint density at radius 1 is 0.735 bits per heavy atom. The van der Waals surface area contributed by atoms with Crippen LogP contribution in [-0.2, 0) is 20.0 Å². The first-order valence-electron chi connectivity index (χ1n) is 10.0. The van der Waals surface area contributed by atoms with E-state index in [1.165, 1.54) is 48.5 Å². The fraction of sp³-hybridized carbons (Fsp3) is 0.0833. The Morgan fingerprint density at radius 2 is 1.24 bits per heavy atom. The quantitative estimate of drug-likeness (QED) is 0.294. The number of nitrogens with zero attached hydrogens (tertiary/aromatic N) is 1. The summed E-state index contributed by atoms with van der Waals surface area (Å²) in [6.45, 7) is 3.55. The Hall–Kier alpha value is -3.76. The van der Waals surface area contributed by atoms with E-state index in [1.807, 2.05) is 0 Å². The third kappa shape index (κ3) is 4.13. The van der Waals surface area contributed by atoms with Gasteiger partial charge < -0.3 is 4.42 Å². The van der Waals surface area contributed by atoms with E-state index in [2.05, 4.69) is 0 Å². The number of fused-ring (bicyclic) bond motifs is 1. The average molecular weight is 498 g/mol. The maximum atomic E-state index is 13.7. The molecule has 1 aromatic heterocycles. The van der Waals surface area contributed by atoms with Crippen LogP contribution in [0.4, 0.5) is 5.69 Å². The minimum absolute atomic E-state index is 0.0692. The van der Waals surface area contributed by atoms with Crippen LogP contribution in [0.5, 0.6) is 0 Å². The van der Waals surface area contributed by atoms with Crippen molar-refractivity contribution in [2.45, 2.75) is 23.6 Å². The van der Waals surface area contributed by atoms with Gasteiger partial charge in [-0.05, 0) is 62.4 Å². The van der Waals surface area contributed by atoms with Gasteiger partial charge in [0.15, 0.2) is 6.29 Å². The van der Waals surface area contributed by atoms with Gasteiger partial charge >= 0.3 is 5.63 Å².